The van der Waals surface area contributed by atoms with Gasteiger partial charge in [-0.2, -0.15) is 0 Å². The second-order valence-corrected chi connectivity index (χ2v) is 6.98. The van der Waals surface area contributed by atoms with Crippen molar-refractivity contribution < 1.29 is 14.3 Å². The van der Waals surface area contributed by atoms with E-state index in [-0.39, 0.29) is 5.91 Å². The SMILES string of the molecule is COc1ccc(/C=C/C(=O)NCc2csc(-c3ccccc3C)n2)cc1OC. The average molecular weight is 394 g/mol. The zero-order chi connectivity index (χ0) is 19.9. The lowest BCUT2D eigenvalue weighted by Crippen LogP contribution is -2.20. The number of amides is 1. The van der Waals surface area contributed by atoms with Crippen LogP contribution in [0.25, 0.3) is 16.6 Å². The number of aromatic nitrogens is 1. The smallest absolute Gasteiger partial charge is 0.244 e. The van der Waals surface area contributed by atoms with Crippen molar-refractivity contribution in [3.8, 4) is 22.1 Å². The zero-order valence-corrected chi connectivity index (χ0v) is 16.9. The van der Waals surface area contributed by atoms with Crippen molar-refractivity contribution in [2.75, 3.05) is 14.2 Å². The van der Waals surface area contributed by atoms with Crippen LogP contribution in [0.1, 0.15) is 16.8 Å². The first-order valence-corrected chi connectivity index (χ1v) is 9.67. The van der Waals surface area contributed by atoms with Crippen molar-refractivity contribution in [2.45, 2.75) is 13.5 Å². The van der Waals surface area contributed by atoms with Gasteiger partial charge in [-0.15, -0.1) is 11.3 Å². The molecule has 2 aromatic carbocycles. The van der Waals surface area contributed by atoms with Gasteiger partial charge in [0.05, 0.1) is 26.5 Å². The molecule has 0 atom stereocenters. The van der Waals surface area contributed by atoms with Gasteiger partial charge in [-0.25, -0.2) is 4.98 Å². The summed E-state index contributed by atoms with van der Waals surface area (Å²) >= 11 is 1.58. The second-order valence-electron chi connectivity index (χ2n) is 6.12. The lowest BCUT2D eigenvalue weighted by Gasteiger charge is -2.07. The molecule has 0 bridgehead atoms. The number of benzene rings is 2. The third-order valence-electron chi connectivity index (χ3n) is 4.21. The summed E-state index contributed by atoms with van der Waals surface area (Å²) in [5, 5.41) is 5.80. The van der Waals surface area contributed by atoms with Gasteiger partial charge in [-0.3, -0.25) is 4.79 Å². The normalized spacial score (nSPS) is 10.8. The Morgan fingerprint density at radius 1 is 1.14 bits per heavy atom. The Morgan fingerprint density at radius 3 is 2.68 bits per heavy atom. The van der Waals surface area contributed by atoms with Crippen LogP contribution in [0.15, 0.2) is 53.9 Å². The third-order valence-corrected chi connectivity index (χ3v) is 5.13. The highest BCUT2D eigenvalue weighted by Gasteiger charge is 2.08. The van der Waals surface area contributed by atoms with Crippen LogP contribution in [-0.2, 0) is 11.3 Å². The van der Waals surface area contributed by atoms with Crippen molar-refractivity contribution in [3.63, 3.8) is 0 Å². The monoisotopic (exact) mass is 394 g/mol. The van der Waals surface area contributed by atoms with Crippen LogP contribution in [0, 0.1) is 6.92 Å². The molecule has 0 radical (unpaired) electrons. The van der Waals surface area contributed by atoms with E-state index in [0.717, 1.165) is 21.8 Å². The minimum Gasteiger partial charge on any atom is -0.493 e. The molecule has 28 heavy (non-hydrogen) atoms. The van der Waals surface area contributed by atoms with Gasteiger partial charge in [-0.1, -0.05) is 30.3 Å². The van der Waals surface area contributed by atoms with Gasteiger partial charge in [0, 0.05) is 17.0 Å². The quantitative estimate of drug-likeness (QED) is 0.601. The molecule has 0 aliphatic carbocycles. The largest absolute Gasteiger partial charge is 0.493 e. The van der Waals surface area contributed by atoms with E-state index in [9.17, 15) is 4.79 Å². The Hall–Kier alpha value is -3.12. The molecule has 1 aromatic heterocycles. The van der Waals surface area contributed by atoms with Crippen LogP contribution in [0.5, 0.6) is 11.5 Å². The van der Waals surface area contributed by atoms with Crippen LogP contribution in [0.2, 0.25) is 0 Å². The maximum atomic E-state index is 12.1. The summed E-state index contributed by atoms with van der Waals surface area (Å²) in [4.78, 5) is 16.7. The summed E-state index contributed by atoms with van der Waals surface area (Å²) in [6.07, 6.45) is 3.23. The number of ether oxygens (including phenoxy) is 2. The molecule has 3 aromatic rings. The first kappa shape index (κ1) is 19.6. The molecular formula is C22H22N2O3S. The molecule has 1 amide bonds. The molecule has 0 aliphatic heterocycles. The number of carbonyl (C=O) groups excluding carboxylic acids is 1. The number of methoxy groups -OCH3 is 2. The molecule has 1 heterocycles. The van der Waals surface area contributed by atoms with E-state index in [1.54, 1.807) is 37.7 Å². The Kier molecular flexibility index (Phi) is 6.45. The number of thiazole rings is 1. The maximum absolute atomic E-state index is 12.1. The molecule has 0 fully saturated rings. The van der Waals surface area contributed by atoms with Crippen LogP contribution < -0.4 is 14.8 Å². The molecule has 5 nitrogen and oxygen atoms in total. The number of nitrogens with zero attached hydrogens (tertiary/aromatic N) is 1. The van der Waals surface area contributed by atoms with Gasteiger partial charge < -0.3 is 14.8 Å². The average Bonchev–Trinajstić information content (AvgIpc) is 3.19. The van der Waals surface area contributed by atoms with Gasteiger partial charge >= 0.3 is 0 Å². The topological polar surface area (TPSA) is 60.5 Å². The number of carbonyl (C=O) groups is 1. The van der Waals surface area contributed by atoms with Gasteiger partial charge in [0.15, 0.2) is 11.5 Å². The van der Waals surface area contributed by atoms with Crippen molar-refractivity contribution in [1.29, 1.82) is 0 Å². The summed E-state index contributed by atoms with van der Waals surface area (Å²) in [7, 11) is 3.17. The first-order valence-electron chi connectivity index (χ1n) is 8.79. The van der Waals surface area contributed by atoms with Gasteiger partial charge in [-0.05, 0) is 36.3 Å². The summed E-state index contributed by atoms with van der Waals surface area (Å²) < 4.78 is 10.5. The van der Waals surface area contributed by atoms with E-state index in [1.165, 1.54) is 11.6 Å². The van der Waals surface area contributed by atoms with E-state index < -0.39 is 0 Å². The fourth-order valence-electron chi connectivity index (χ4n) is 2.69. The Morgan fingerprint density at radius 2 is 1.93 bits per heavy atom. The maximum Gasteiger partial charge on any atom is 0.244 e. The molecule has 144 valence electrons. The molecule has 3 rings (SSSR count). The number of nitrogens with one attached hydrogen (secondary N) is 1. The lowest BCUT2D eigenvalue weighted by atomic mass is 10.1. The van der Waals surface area contributed by atoms with E-state index in [1.807, 2.05) is 29.6 Å². The van der Waals surface area contributed by atoms with E-state index >= 15 is 0 Å². The predicted molar refractivity (Wildman–Crippen MR) is 113 cm³/mol. The molecule has 1 N–H and O–H groups in total. The highest BCUT2D eigenvalue weighted by atomic mass is 32.1. The lowest BCUT2D eigenvalue weighted by molar-refractivity contribution is -0.116. The minimum atomic E-state index is -0.180. The Bertz CT molecular complexity index is 995. The minimum absolute atomic E-state index is 0.180. The highest BCUT2D eigenvalue weighted by Crippen LogP contribution is 2.28. The predicted octanol–water partition coefficient (Wildman–Crippen LogP) is 4.47. The summed E-state index contributed by atoms with van der Waals surface area (Å²) in [6, 6.07) is 13.6. The summed E-state index contributed by atoms with van der Waals surface area (Å²) in [5.41, 5.74) is 4.00. The molecular weight excluding hydrogens is 372 g/mol. The number of aryl methyl sites for hydroxylation is 1. The highest BCUT2D eigenvalue weighted by molar-refractivity contribution is 7.13. The molecule has 0 saturated heterocycles. The molecule has 6 heteroatoms. The molecule has 0 spiro atoms. The van der Waals surface area contributed by atoms with Gasteiger partial charge in [0.2, 0.25) is 5.91 Å². The van der Waals surface area contributed by atoms with Crippen molar-refractivity contribution in [3.05, 3.63) is 70.7 Å². The zero-order valence-electron chi connectivity index (χ0n) is 16.1. The second kappa shape index (κ2) is 9.19. The van der Waals surface area contributed by atoms with E-state index in [2.05, 4.69) is 29.4 Å². The number of hydrogen-bond donors (Lipinski definition) is 1. The molecule has 0 saturated carbocycles. The van der Waals surface area contributed by atoms with Crippen LogP contribution in [0.4, 0.5) is 0 Å². The van der Waals surface area contributed by atoms with Crippen molar-refractivity contribution >= 4 is 23.3 Å². The van der Waals surface area contributed by atoms with E-state index in [0.29, 0.717) is 18.0 Å². The third kappa shape index (κ3) is 4.78. The van der Waals surface area contributed by atoms with Crippen LogP contribution >= 0.6 is 11.3 Å². The number of hydrogen-bond acceptors (Lipinski definition) is 5. The standard InChI is InChI=1S/C22H22N2O3S/c1-15-6-4-5-7-18(15)22-24-17(14-28-22)13-23-21(25)11-9-16-8-10-19(26-2)20(12-16)27-3/h4-12,14H,13H2,1-3H3,(H,23,25)/b11-9+. The molecule has 0 unspecified atom stereocenters. The Balaban J connectivity index is 1.59. The van der Waals surface area contributed by atoms with Crippen LogP contribution in [-0.4, -0.2) is 25.1 Å². The van der Waals surface area contributed by atoms with E-state index in [4.69, 9.17) is 9.47 Å². The fourth-order valence-corrected chi connectivity index (χ4v) is 3.60. The van der Waals surface area contributed by atoms with Crippen molar-refractivity contribution in [1.82, 2.24) is 10.3 Å². The summed E-state index contributed by atoms with van der Waals surface area (Å²) in [6.45, 7) is 2.45. The summed E-state index contributed by atoms with van der Waals surface area (Å²) in [5.74, 6) is 1.09. The Labute approximate surface area is 168 Å². The molecule has 0 aliphatic rings. The van der Waals surface area contributed by atoms with Crippen molar-refractivity contribution in [2.24, 2.45) is 0 Å². The fraction of sp³-hybridized carbons (Fsp3) is 0.182. The van der Waals surface area contributed by atoms with Gasteiger partial charge in [0.1, 0.15) is 5.01 Å². The van der Waals surface area contributed by atoms with Gasteiger partial charge in [0.25, 0.3) is 0 Å². The number of rotatable bonds is 7. The first-order chi connectivity index (χ1) is 13.6. The van der Waals surface area contributed by atoms with Crippen LogP contribution in [0.3, 0.4) is 0 Å².